The van der Waals surface area contributed by atoms with Gasteiger partial charge in [0.25, 0.3) is 0 Å². The molecule has 131 valence electrons. The maximum absolute atomic E-state index is 12.4. The number of hydrogen-bond donors (Lipinski definition) is 0. The standard InChI is InChI=1S/C15H32NO5Si/c1-8-18-22(19-9-2,20-10-3)21-13-11-14(4,5)16(17)15(6,7)12-13/h13H,8-12H2,1-7H3. The normalized spacial score (nSPS) is 22.9. The van der Waals surface area contributed by atoms with Crippen LogP contribution in [0.15, 0.2) is 0 Å². The van der Waals surface area contributed by atoms with Gasteiger partial charge in [0.05, 0.1) is 6.10 Å². The van der Waals surface area contributed by atoms with Gasteiger partial charge < -0.3 is 17.7 Å². The lowest BCUT2D eigenvalue weighted by atomic mass is 9.80. The maximum atomic E-state index is 12.4. The molecule has 1 rings (SSSR count). The lowest BCUT2D eigenvalue weighted by molar-refractivity contribution is -0.299. The van der Waals surface area contributed by atoms with Crippen LogP contribution in [0.25, 0.3) is 0 Å². The van der Waals surface area contributed by atoms with Crippen molar-refractivity contribution in [2.75, 3.05) is 19.8 Å². The molecule has 0 bridgehead atoms. The second-order valence-electron chi connectivity index (χ2n) is 6.87. The van der Waals surface area contributed by atoms with Crippen LogP contribution in [-0.2, 0) is 22.9 Å². The second-order valence-corrected chi connectivity index (χ2v) is 8.97. The Hall–Kier alpha value is -0.0231. The van der Waals surface area contributed by atoms with Crippen LogP contribution < -0.4 is 0 Å². The minimum atomic E-state index is -3.15. The predicted octanol–water partition coefficient (Wildman–Crippen LogP) is 2.92. The molecule has 0 unspecified atom stereocenters. The summed E-state index contributed by atoms with van der Waals surface area (Å²) in [6.45, 7) is 14.9. The number of piperidine rings is 1. The third-order valence-electron chi connectivity index (χ3n) is 3.83. The molecule has 7 heteroatoms. The van der Waals surface area contributed by atoms with E-state index in [1.165, 1.54) is 5.06 Å². The Morgan fingerprint density at radius 1 is 0.909 bits per heavy atom. The van der Waals surface area contributed by atoms with E-state index in [0.717, 1.165) is 0 Å². The zero-order chi connectivity index (χ0) is 17.0. The molecule has 0 saturated carbocycles. The molecule has 0 atom stereocenters. The molecule has 22 heavy (non-hydrogen) atoms. The molecule has 0 aliphatic carbocycles. The highest BCUT2D eigenvalue weighted by molar-refractivity contribution is 6.53. The number of rotatable bonds is 8. The fraction of sp³-hybridized carbons (Fsp3) is 1.00. The van der Waals surface area contributed by atoms with E-state index in [0.29, 0.717) is 32.7 Å². The molecule has 0 amide bonds. The average molecular weight is 335 g/mol. The first-order chi connectivity index (χ1) is 10.1. The van der Waals surface area contributed by atoms with Crippen LogP contribution in [0.3, 0.4) is 0 Å². The molecule has 0 spiro atoms. The second kappa shape index (κ2) is 7.70. The van der Waals surface area contributed by atoms with E-state index in [4.69, 9.17) is 17.7 Å². The highest BCUT2D eigenvalue weighted by atomic mass is 28.4. The van der Waals surface area contributed by atoms with Crippen LogP contribution in [0.4, 0.5) is 0 Å². The Balaban J connectivity index is 2.92. The lowest BCUT2D eigenvalue weighted by Gasteiger charge is -2.50. The lowest BCUT2D eigenvalue weighted by Crippen LogP contribution is -2.62. The molecule has 1 aliphatic rings. The van der Waals surface area contributed by atoms with E-state index in [1.54, 1.807) is 0 Å². The van der Waals surface area contributed by atoms with Crippen molar-refractivity contribution in [3.63, 3.8) is 0 Å². The zero-order valence-corrected chi connectivity index (χ0v) is 16.1. The van der Waals surface area contributed by atoms with E-state index in [-0.39, 0.29) is 6.10 Å². The fourth-order valence-corrected chi connectivity index (χ4v) is 5.31. The number of hydroxylamine groups is 2. The monoisotopic (exact) mass is 334 g/mol. The fourth-order valence-electron chi connectivity index (χ4n) is 3.22. The molecule has 1 aliphatic heterocycles. The Bertz CT molecular complexity index is 316. The predicted molar refractivity (Wildman–Crippen MR) is 85.4 cm³/mol. The van der Waals surface area contributed by atoms with E-state index >= 15 is 0 Å². The summed E-state index contributed by atoms with van der Waals surface area (Å²) in [5.74, 6) is 0. The van der Waals surface area contributed by atoms with Crippen LogP contribution in [0.2, 0.25) is 0 Å². The molecule has 0 aromatic heterocycles. The van der Waals surface area contributed by atoms with Crippen LogP contribution in [0, 0.1) is 0 Å². The van der Waals surface area contributed by atoms with Gasteiger partial charge in [0, 0.05) is 30.9 Å². The first kappa shape index (κ1) is 20.0. The van der Waals surface area contributed by atoms with Crippen molar-refractivity contribution >= 4 is 9.05 Å². The molecule has 1 saturated heterocycles. The van der Waals surface area contributed by atoms with Crippen molar-refractivity contribution in [1.82, 2.24) is 5.06 Å². The van der Waals surface area contributed by atoms with Gasteiger partial charge in [-0.1, -0.05) is 0 Å². The summed E-state index contributed by atoms with van der Waals surface area (Å²) in [5.41, 5.74) is -0.978. The highest BCUT2D eigenvalue weighted by Gasteiger charge is 2.53. The smallest absolute Gasteiger partial charge is 0.351 e. The molecular formula is C15H32NO5Si. The van der Waals surface area contributed by atoms with Crippen LogP contribution in [-0.4, -0.2) is 51.1 Å². The molecule has 0 aromatic rings. The summed E-state index contributed by atoms with van der Waals surface area (Å²) in [5, 5.41) is 13.6. The van der Waals surface area contributed by atoms with Crippen LogP contribution in [0.5, 0.6) is 0 Å². The molecule has 1 fully saturated rings. The maximum Gasteiger partial charge on any atom is 0.679 e. The van der Waals surface area contributed by atoms with E-state index in [9.17, 15) is 5.21 Å². The van der Waals surface area contributed by atoms with E-state index in [2.05, 4.69) is 0 Å². The van der Waals surface area contributed by atoms with Crippen molar-refractivity contribution in [3.8, 4) is 0 Å². The molecule has 0 aromatic carbocycles. The summed E-state index contributed by atoms with van der Waals surface area (Å²) in [7, 11) is -3.15. The van der Waals surface area contributed by atoms with Gasteiger partial charge in [-0.15, -0.1) is 10.3 Å². The summed E-state index contributed by atoms with van der Waals surface area (Å²) >= 11 is 0. The van der Waals surface area contributed by atoms with Gasteiger partial charge >= 0.3 is 9.05 Å². The molecule has 1 heterocycles. The minimum Gasteiger partial charge on any atom is -0.351 e. The minimum absolute atomic E-state index is 0.119. The largest absolute Gasteiger partial charge is 0.679 e. The van der Waals surface area contributed by atoms with Gasteiger partial charge in [-0.25, -0.2) is 0 Å². The van der Waals surface area contributed by atoms with Crippen molar-refractivity contribution < 1.29 is 22.9 Å². The summed E-state index contributed by atoms with van der Waals surface area (Å²) in [6.07, 6.45) is 1.13. The first-order valence-corrected chi connectivity index (χ1v) is 9.83. The molecular weight excluding hydrogens is 302 g/mol. The summed E-state index contributed by atoms with van der Waals surface area (Å²) < 4.78 is 23.5. The van der Waals surface area contributed by atoms with E-state index < -0.39 is 20.1 Å². The van der Waals surface area contributed by atoms with Crippen LogP contribution >= 0.6 is 0 Å². The van der Waals surface area contributed by atoms with Gasteiger partial charge in [-0.05, 0) is 61.3 Å². The Labute approximate surface area is 136 Å². The number of nitrogens with zero attached hydrogens (tertiary/aromatic N) is 1. The van der Waals surface area contributed by atoms with Gasteiger partial charge in [0.15, 0.2) is 0 Å². The van der Waals surface area contributed by atoms with Crippen molar-refractivity contribution in [1.29, 1.82) is 0 Å². The average Bonchev–Trinajstić information content (AvgIpc) is 2.36. The van der Waals surface area contributed by atoms with Crippen molar-refractivity contribution in [3.05, 3.63) is 0 Å². The SMILES string of the molecule is CCO[Si](OCC)(OCC)OC1CC(C)(C)N([O])C(C)(C)C1. The topological polar surface area (TPSA) is 60.1 Å². The van der Waals surface area contributed by atoms with Gasteiger partial charge in [-0.3, -0.25) is 0 Å². The first-order valence-electron chi connectivity index (χ1n) is 8.19. The Kier molecular flexibility index (Phi) is 7.01. The number of hydrogen-bond acceptors (Lipinski definition) is 5. The molecule has 1 radical (unpaired) electrons. The van der Waals surface area contributed by atoms with Crippen LogP contribution in [0.1, 0.15) is 61.3 Å². The molecule has 0 N–H and O–H groups in total. The van der Waals surface area contributed by atoms with E-state index in [1.807, 2.05) is 48.5 Å². The zero-order valence-electron chi connectivity index (χ0n) is 15.1. The van der Waals surface area contributed by atoms with Gasteiger partial charge in [-0.2, -0.15) is 0 Å². The quantitative estimate of drug-likeness (QED) is 0.639. The molecule has 6 nitrogen and oxygen atoms in total. The van der Waals surface area contributed by atoms with Gasteiger partial charge in [0.1, 0.15) is 0 Å². The summed E-state index contributed by atoms with van der Waals surface area (Å²) in [6, 6.07) is 0. The highest BCUT2D eigenvalue weighted by Crippen LogP contribution is 2.39. The third-order valence-corrected chi connectivity index (χ3v) is 6.38. The van der Waals surface area contributed by atoms with Gasteiger partial charge in [0.2, 0.25) is 0 Å². The van der Waals surface area contributed by atoms with Crippen molar-refractivity contribution in [2.24, 2.45) is 0 Å². The Morgan fingerprint density at radius 3 is 1.59 bits per heavy atom. The summed E-state index contributed by atoms with van der Waals surface area (Å²) in [4.78, 5) is 0. The Morgan fingerprint density at radius 2 is 1.27 bits per heavy atom. The van der Waals surface area contributed by atoms with Crippen molar-refractivity contribution in [2.45, 2.75) is 78.5 Å². The third kappa shape index (κ3) is 4.74.